The van der Waals surface area contributed by atoms with Crippen LogP contribution in [0.3, 0.4) is 0 Å². The van der Waals surface area contributed by atoms with Gasteiger partial charge in [0.05, 0.1) is 17.7 Å². The minimum Gasteiger partial charge on any atom is -0.495 e. The van der Waals surface area contributed by atoms with Gasteiger partial charge in [-0.2, -0.15) is 0 Å². The molecule has 2 aromatic rings. The second-order valence-electron chi connectivity index (χ2n) is 6.22. The zero-order valence-electron chi connectivity index (χ0n) is 14.6. The lowest BCUT2D eigenvalue weighted by atomic mass is 10.1. The Balaban J connectivity index is 1.67. The molecule has 0 radical (unpaired) electrons. The second kappa shape index (κ2) is 7.53. The van der Waals surface area contributed by atoms with E-state index in [9.17, 15) is 10.1 Å². The highest BCUT2D eigenvalue weighted by Gasteiger charge is 2.24. The van der Waals surface area contributed by atoms with E-state index < -0.39 is 0 Å². The molecule has 0 saturated carbocycles. The molecule has 1 aliphatic rings. The quantitative estimate of drug-likeness (QED) is 0.615. The smallest absolute Gasteiger partial charge is 0.269 e. The summed E-state index contributed by atoms with van der Waals surface area (Å²) in [7, 11) is 1.69. The van der Waals surface area contributed by atoms with E-state index in [0.717, 1.165) is 43.2 Å². The number of hydrogen-bond acceptors (Lipinski definition) is 5. The number of rotatable bonds is 5. The van der Waals surface area contributed by atoms with Crippen molar-refractivity contribution in [2.75, 3.05) is 38.2 Å². The Morgan fingerprint density at radius 2 is 1.80 bits per heavy atom. The molecular formula is C19H23N3O3. The number of nitro benzene ring substituents is 1. The number of anilines is 1. The van der Waals surface area contributed by atoms with Gasteiger partial charge < -0.3 is 9.64 Å². The Morgan fingerprint density at radius 3 is 2.48 bits per heavy atom. The number of nitro groups is 1. The van der Waals surface area contributed by atoms with Gasteiger partial charge in [0.2, 0.25) is 0 Å². The lowest BCUT2D eigenvalue weighted by molar-refractivity contribution is -0.384. The predicted molar refractivity (Wildman–Crippen MR) is 98.3 cm³/mol. The summed E-state index contributed by atoms with van der Waals surface area (Å²) in [6.07, 6.45) is 0. The molecule has 1 heterocycles. The van der Waals surface area contributed by atoms with Crippen molar-refractivity contribution in [2.24, 2.45) is 0 Å². The molecule has 0 amide bonds. The van der Waals surface area contributed by atoms with E-state index in [1.165, 1.54) is 6.07 Å². The van der Waals surface area contributed by atoms with Crippen molar-refractivity contribution < 1.29 is 9.66 Å². The first-order valence-corrected chi connectivity index (χ1v) is 8.46. The van der Waals surface area contributed by atoms with Crippen molar-refractivity contribution in [2.45, 2.75) is 13.0 Å². The SMILES string of the molecule is COc1ccccc1N1CCN([C@@H](C)c2cccc([N+](=O)[O-])c2)CC1. The number of hydrogen-bond donors (Lipinski definition) is 0. The number of benzene rings is 2. The number of ether oxygens (including phenoxy) is 1. The third-order valence-electron chi connectivity index (χ3n) is 4.85. The zero-order chi connectivity index (χ0) is 17.8. The summed E-state index contributed by atoms with van der Waals surface area (Å²) in [6, 6.07) is 15.1. The van der Waals surface area contributed by atoms with Crippen LogP contribution >= 0.6 is 0 Å². The van der Waals surface area contributed by atoms with Gasteiger partial charge in [-0.05, 0) is 24.6 Å². The van der Waals surface area contributed by atoms with E-state index in [1.807, 2.05) is 24.3 Å². The largest absolute Gasteiger partial charge is 0.495 e. The van der Waals surface area contributed by atoms with Crippen LogP contribution in [0.25, 0.3) is 0 Å². The van der Waals surface area contributed by atoms with Gasteiger partial charge in [0.1, 0.15) is 5.75 Å². The van der Waals surface area contributed by atoms with E-state index in [4.69, 9.17) is 4.74 Å². The molecule has 0 unspecified atom stereocenters. The molecule has 1 fully saturated rings. The zero-order valence-corrected chi connectivity index (χ0v) is 14.6. The summed E-state index contributed by atoms with van der Waals surface area (Å²) in [5, 5.41) is 11.0. The minimum atomic E-state index is -0.337. The maximum Gasteiger partial charge on any atom is 0.269 e. The first kappa shape index (κ1) is 17.2. The van der Waals surface area contributed by atoms with Gasteiger partial charge in [-0.25, -0.2) is 0 Å². The van der Waals surface area contributed by atoms with E-state index >= 15 is 0 Å². The van der Waals surface area contributed by atoms with Gasteiger partial charge >= 0.3 is 0 Å². The summed E-state index contributed by atoms with van der Waals surface area (Å²) >= 11 is 0. The highest BCUT2D eigenvalue weighted by Crippen LogP contribution is 2.30. The molecule has 0 spiro atoms. The standard InChI is InChI=1S/C19H23N3O3/c1-15(16-6-5-7-17(14-16)22(23)24)20-10-12-21(13-11-20)18-8-3-4-9-19(18)25-2/h3-9,14-15H,10-13H2,1-2H3/t15-/m0/s1. The number of nitrogens with zero attached hydrogens (tertiary/aromatic N) is 3. The molecule has 0 aromatic heterocycles. The summed E-state index contributed by atoms with van der Waals surface area (Å²) in [4.78, 5) is 15.3. The Kier molecular flexibility index (Phi) is 5.19. The van der Waals surface area contributed by atoms with Crippen LogP contribution in [0.15, 0.2) is 48.5 Å². The molecular weight excluding hydrogens is 318 g/mol. The fourth-order valence-electron chi connectivity index (χ4n) is 3.35. The van der Waals surface area contributed by atoms with Crippen molar-refractivity contribution in [1.82, 2.24) is 4.90 Å². The molecule has 1 atom stereocenters. The summed E-state index contributed by atoms with van der Waals surface area (Å²) in [6.45, 7) is 5.72. The van der Waals surface area contributed by atoms with Gasteiger partial charge in [0.15, 0.2) is 0 Å². The molecule has 1 saturated heterocycles. The maximum atomic E-state index is 11.0. The monoisotopic (exact) mass is 341 g/mol. The molecule has 25 heavy (non-hydrogen) atoms. The lowest BCUT2D eigenvalue weighted by Gasteiger charge is -2.39. The Labute approximate surface area is 147 Å². The Bertz CT molecular complexity index is 742. The third-order valence-corrected chi connectivity index (χ3v) is 4.85. The third kappa shape index (κ3) is 3.74. The number of piperazine rings is 1. The van der Waals surface area contributed by atoms with Gasteiger partial charge in [-0.3, -0.25) is 15.0 Å². The summed E-state index contributed by atoms with van der Waals surface area (Å²) in [5.74, 6) is 0.891. The van der Waals surface area contributed by atoms with Crippen molar-refractivity contribution in [3.8, 4) is 5.75 Å². The number of para-hydroxylation sites is 2. The van der Waals surface area contributed by atoms with Gasteiger partial charge in [0, 0.05) is 44.4 Å². The highest BCUT2D eigenvalue weighted by molar-refractivity contribution is 5.58. The molecule has 2 aromatic carbocycles. The molecule has 0 bridgehead atoms. The van der Waals surface area contributed by atoms with Crippen molar-refractivity contribution in [1.29, 1.82) is 0 Å². The summed E-state index contributed by atoms with van der Waals surface area (Å²) < 4.78 is 5.46. The van der Waals surface area contributed by atoms with Gasteiger partial charge in [0.25, 0.3) is 5.69 Å². The Hall–Kier alpha value is -2.60. The van der Waals surface area contributed by atoms with Crippen LogP contribution in [-0.4, -0.2) is 43.1 Å². The van der Waals surface area contributed by atoms with E-state index in [0.29, 0.717) is 0 Å². The van der Waals surface area contributed by atoms with E-state index in [1.54, 1.807) is 19.2 Å². The molecule has 6 heteroatoms. The topological polar surface area (TPSA) is 58.8 Å². The van der Waals surface area contributed by atoms with Crippen molar-refractivity contribution >= 4 is 11.4 Å². The van der Waals surface area contributed by atoms with Gasteiger partial charge in [-0.15, -0.1) is 0 Å². The summed E-state index contributed by atoms with van der Waals surface area (Å²) in [5.41, 5.74) is 2.25. The second-order valence-corrected chi connectivity index (χ2v) is 6.22. The first-order valence-electron chi connectivity index (χ1n) is 8.46. The average Bonchev–Trinajstić information content (AvgIpc) is 2.67. The highest BCUT2D eigenvalue weighted by atomic mass is 16.6. The molecule has 0 N–H and O–H groups in total. The number of non-ortho nitro benzene ring substituents is 1. The fourth-order valence-corrected chi connectivity index (χ4v) is 3.35. The normalized spacial score (nSPS) is 16.5. The average molecular weight is 341 g/mol. The lowest BCUT2D eigenvalue weighted by Crippen LogP contribution is -2.47. The van der Waals surface area contributed by atoms with Crippen LogP contribution < -0.4 is 9.64 Å². The first-order chi connectivity index (χ1) is 12.1. The van der Waals surface area contributed by atoms with Crippen LogP contribution in [0.2, 0.25) is 0 Å². The molecule has 3 rings (SSSR count). The number of methoxy groups -OCH3 is 1. The molecule has 132 valence electrons. The van der Waals surface area contributed by atoms with Gasteiger partial charge in [-0.1, -0.05) is 24.3 Å². The molecule has 6 nitrogen and oxygen atoms in total. The van der Waals surface area contributed by atoms with Crippen LogP contribution in [0.5, 0.6) is 5.75 Å². The fraction of sp³-hybridized carbons (Fsp3) is 0.368. The van der Waals surface area contributed by atoms with Crippen LogP contribution in [-0.2, 0) is 0 Å². The predicted octanol–water partition coefficient (Wildman–Crippen LogP) is 3.49. The Morgan fingerprint density at radius 1 is 1.08 bits per heavy atom. The minimum absolute atomic E-state index is 0.150. The molecule has 0 aliphatic carbocycles. The van der Waals surface area contributed by atoms with Crippen LogP contribution in [0, 0.1) is 10.1 Å². The van der Waals surface area contributed by atoms with Crippen molar-refractivity contribution in [3.63, 3.8) is 0 Å². The van der Waals surface area contributed by atoms with E-state index in [-0.39, 0.29) is 16.7 Å². The van der Waals surface area contributed by atoms with Crippen molar-refractivity contribution in [3.05, 3.63) is 64.2 Å². The maximum absolute atomic E-state index is 11.0. The van der Waals surface area contributed by atoms with Crippen LogP contribution in [0.1, 0.15) is 18.5 Å². The van der Waals surface area contributed by atoms with Crippen LogP contribution in [0.4, 0.5) is 11.4 Å². The molecule has 1 aliphatic heterocycles. The van der Waals surface area contributed by atoms with E-state index in [2.05, 4.69) is 22.8 Å².